The van der Waals surface area contributed by atoms with Gasteiger partial charge in [0.1, 0.15) is 11.5 Å². The van der Waals surface area contributed by atoms with Crippen LogP contribution in [-0.4, -0.2) is 37.2 Å². The number of hydrogen-bond donors (Lipinski definition) is 2. The Kier molecular flexibility index (Phi) is 4.64. The van der Waals surface area contributed by atoms with Crippen molar-refractivity contribution >= 4 is 11.9 Å². The fourth-order valence-corrected chi connectivity index (χ4v) is 3.60. The number of aliphatic carboxylic acids is 1. The van der Waals surface area contributed by atoms with Crippen molar-refractivity contribution in [1.82, 2.24) is 5.32 Å². The van der Waals surface area contributed by atoms with Crippen LogP contribution in [0.25, 0.3) is 0 Å². The normalized spacial score (nSPS) is 28.2. The second-order valence-electron chi connectivity index (χ2n) is 6.61. The minimum Gasteiger partial charge on any atom is -0.497 e. The minimum atomic E-state index is -0.767. The molecule has 0 spiro atoms. The number of hydrogen-bond acceptors (Lipinski definition) is 4. The number of rotatable bonds is 6. The average Bonchev–Trinajstić information content (AvgIpc) is 3.25. The largest absolute Gasteiger partial charge is 0.497 e. The average molecular weight is 333 g/mol. The van der Waals surface area contributed by atoms with E-state index in [1.54, 1.807) is 14.2 Å². The van der Waals surface area contributed by atoms with Crippen LogP contribution in [0.1, 0.15) is 37.2 Å². The maximum absolute atomic E-state index is 12.4. The molecule has 3 rings (SSSR count). The maximum Gasteiger partial charge on any atom is 0.306 e. The molecule has 2 aliphatic carbocycles. The Morgan fingerprint density at radius 3 is 2.58 bits per heavy atom. The molecule has 1 aromatic rings. The van der Waals surface area contributed by atoms with E-state index in [2.05, 4.69) is 5.32 Å². The molecule has 130 valence electrons. The number of benzene rings is 1. The van der Waals surface area contributed by atoms with Crippen molar-refractivity contribution in [3.05, 3.63) is 23.8 Å². The van der Waals surface area contributed by atoms with Gasteiger partial charge in [-0.15, -0.1) is 0 Å². The molecule has 0 saturated heterocycles. The van der Waals surface area contributed by atoms with Gasteiger partial charge in [-0.2, -0.15) is 0 Å². The zero-order valence-corrected chi connectivity index (χ0v) is 14.0. The molecule has 2 fully saturated rings. The fourth-order valence-electron chi connectivity index (χ4n) is 3.60. The van der Waals surface area contributed by atoms with Crippen molar-refractivity contribution in [3.8, 4) is 11.5 Å². The van der Waals surface area contributed by atoms with Crippen molar-refractivity contribution in [2.24, 2.45) is 11.8 Å². The van der Waals surface area contributed by atoms with Gasteiger partial charge in [0, 0.05) is 23.4 Å². The molecule has 0 aliphatic heterocycles. The first-order chi connectivity index (χ1) is 11.5. The Morgan fingerprint density at radius 1 is 1.17 bits per heavy atom. The monoisotopic (exact) mass is 333 g/mol. The van der Waals surface area contributed by atoms with Crippen LogP contribution in [0.4, 0.5) is 0 Å². The first-order valence-electron chi connectivity index (χ1n) is 8.28. The van der Waals surface area contributed by atoms with E-state index in [9.17, 15) is 9.59 Å². The van der Waals surface area contributed by atoms with Gasteiger partial charge in [-0.1, -0.05) is 0 Å². The molecule has 0 aromatic heterocycles. The molecule has 0 heterocycles. The SMILES string of the molecule is COc1ccc(OC)c(C2CC2C(=O)N[C@H]2CC[C@@H](C(=O)O)C2)c1. The summed E-state index contributed by atoms with van der Waals surface area (Å²) in [6, 6.07) is 5.60. The van der Waals surface area contributed by atoms with Crippen LogP contribution in [-0.2, 0) is 9.59 Å². The van der Waals surface area contributed by atoms with E-state index in [1.165, 1.54) is 0 Å². The zero-order chi connectivity index (χ0) is 17.3. The third kappa shape index (κ3) is 3.32. The summed E-state index contributed by atoms with van der Waals surface area (Å²) in [6.07, 6.45) is 2.69. The van der Waals surface area contributed by atoms with Crippen LogP contribution < -0.4 is 14.8 Å². The summed E-state index contributed by atoms with van der Waals surface area (Å²) in [4.78, 5) is 23.5. The Balaban J connectivity index is 1.61. The fraction of sp³-hybridized carbons (Fsp3) is 0.556. The number of carboxylic acid groups (broad SMARTS) is 1. The summed E-state index contributed by atoms with van der Waals surface area (Å²) < 4.78 is 10.7. The lowest BCUT2D eigenvalue weighted by molar-refractivity contribution is -0.141. The van der Waals surface area contributed by atoms with E-state index >= 15 is 0 Å². The van der Waals surface area contributed by atoms with Crippen molar-refractivity contribution in [2.45, 2.75) is 37.6 Å². The van der Waals surface area contributed by atoms with E-state index < -0.39 is 5.97 Å². The van der Waals surface area contributed by atoms with Crippen LogP contribution in [0.2, 0.25) is 0 Å². The molecule has 4 atom stereocenters. The topological polar surface area (TPSA) is 84.9 Å². The first kappa shape index (κ1) is 16.6. The van der Waals surface area contributed by atoms with Gasteiger partial charge in [0.2, 0.25) is 5.91 Å². The van der Waals surface area contributed by atoms with Gasteiger partial charge in [-0.3, -0.25) is 9.59 Å². The highest BCUT2D eigenvalue weighted by Crippen LogP contribution is 2.51. The molecular weight excluding hydrogens is 310 g/mol. The maximum atomic E-state index is 12.4. The standard InChI is InChI=1S/C18H23NO5/c1-23-12-5-6-16(24-2)14(8-12)13-9-15(13)17(20)19-11-4-3-10(7-11)18(21)22/h5-6,8,10-11,13,15H,3-4,7,9H2,1-2H3,(H,19,20)(H,21,22)/t10-,11+,13?,15?/m1/s1. The van der Waals surface area contributed by atoms with Gasteiger partial charge >= 0.3 is 5.97 Å². The van der Waals surface area contributed by atoms with Crippen LogP contribution in [0.3, 0.4) is 0 Å². The Labute approximate surface area is 141 Å². The summed E-state index contributed by atoms with van der Waals surface area (Å²) in [6.45, 7) is 0. The number of amides is 1. The van der Waals surface area contributed by atoms with E-state index in [0.717, 1.165) is 29.9 Å². The Morgan fingerprint density at radius 2 is 1.96 bits per heavy atom. The molecular formula is C18H23NO5. The quantitative estimate of drug-likeness (QED) is 0.833. The second kappa shape index (κ2) is 6.71. The summed E-state index contributed by atoms with van der Waals surface area (Å²) in [7, 11) is 3.23. The van der Waals surface area contributed by atoms with Crippen molar-refractivity contribution in [2.75, 3.05) is 14.2 Å². The lowest BCUT2D eigenvalue weighted by Crippen LogP contribution is -2.34. The molecule has 1 aromatic carbocycles. The van der Waals surface area contributed by atoms with Crippen LogP contribution in [0.15, 0.2) is 18.2 Å². The first-order valence-corrected chi connectivity index (χ1v) is 8.28. The van der Waals surface area contributed by atoms with E-state index in [1.807, 2.05) is 18.2 Å². The van der Waals surface area contributed by atoms with Gasteiger partial charge < -0.3 is 19.9 Å². The zero-order valence-electron chi connectivity index (χ0n) is 14.0. The number of methoxy groups -OCH3 is 2. The predicted molar refractivity (Wildman–Crippen MR) is 87.3 cm³/mol. The molecule has 2 saturated carbocycles. The van der Waals surface area contributed by atoms with E-state index in [4.69, 9.17) is 14.6 Å². The number of ether oxygens (including phenoxy) is 2. The number of carbonyl (C=O) groups excluding carboxylic acids is 1. The van der Waals surface area contributed by atoms with Crippen LogP contribution in [0, 0.1) is 11.8 Å². The van der Waals surface area contributed by atoms with Crippen molar-refractivity contribution in [3.63, 3.8) is 0 Å². The molecule has 2 N–H and O–H groups in total. The van der Waals surface area contributed by atoms with Gasteiger partial charge in [0.25, 0.3) is 0 Å². The molecule has 0 bridgehead atoms. The molecule has 2 aliphatic rings. The Bertz CT molecular complexity index is 644. The molecule has 6 nitrogen and oxygen atoms in total. The van der Waals surface area contributed by atoms with Crippen LogP contribution >= 0.6 is 0 Å². The van der Waals surface area contributed by atoms with Crippen molar-refractivity contribution in [1.29, 1.82) is 0 Å². The third-order valence-corrected chi connectivity index (χ3v) is 5.09. The lowest BCUT2D eigenvalue weighted by Gasteiger charge is -2.13. The molecule has 24 heavy (non-hydrogen) atoms. The highest BCUT2D eigenvalue weighted by molar-refractivity contribution is 5.83. The summed E-state index contributed by atoms with van der Waals surface area (Å²) in [5.41, 5.74) is 0.992. The molecule has 6 heteroatoms. The highest BCUT2D eigenvalue weighted by Gasteiger charge is 2.46. The predicted octanol–water partition coefficient (Wildman–Crippen LogP) is 2.18. The summed E-state index contributed by atoms with van der Waals surface area (Å²) in [5.74, 6) is 0.489. The summed E-state index contributed by atoms with van der Waals surface area (Å²) >= 11 is 0. The molecule has 1 amide bonds. The van der Waals surface area contributed by atoms with E-state index in [0.29, 0.717) is 12.8 Å². The van der Waals surface area contributed by atoms with Gasteiger partial charge in [0.05, 0.1) is 20.1 Å². The second-order valence-corrected chi connectivity index (χ2v) is 6.61. The van der Waals surface area contributed by atoms with E-state index in [-0.39, 0.29) is 29.7 Å². The van der Waals surface area contributed by atoms with Gasteiger partial charge in [-0.25, -0.2) is 0 Å². The van der Waals surface area contributed by atoms with Crippen molar-refractivity contribution < 1.29 is 24.2 Å². The minimum absolute atomic E-state index is 0.0147. The number of carboxylic acids is 1. The highest BCUT2D eigenvalue weighted by atomic mass is 16.5. The number of nitrogens with one attached hydrogen (secondary N) is 1. The Hall–Kier alpha value is -2.24. The van der Waals surface area contributed by atoms with Gasteiger partial charge in [0.15, 0.2) is 0 Å². The lowest BCUT2D eigenvalue weighted by atomic mass is 10.1. The van der Waals surface area contributed by atoms with Crippen LogP contribution in [0.5, 0.6) is 11.5 Å². The summed E-state index contributed by atoms with van der Waals surface area (Å²) in [5, 5.41) is 12.1. The number of carbonyl (C=O) groups is 2. The smallest absolute Gasteiger partial charge is 0.306 e. The molecule has 2 unspecified atom stereocenters. The van der Waals surface area contributed by atoms with Gasteiger partial charge in [-0.05, 0) is 43.9 Å². The molecule has 0 radical (unpaired) electrons. The third-order valence-electron chi connectivity index (χ3n) is 5.09.